The second kappa shape index (κ2) is 7.48. The number of carbonyl (C=O) groups is 1. The molecule has 2 rings (SSSR count). The fourth-order valence-corrected chi connectivity index (χ4v) is 2.25. The van der Waals surface area contributed by atoms with Crippen molar-refractivity contribution < 1.29 is 14.3 Å². The van der Waals surface area contributed by atoms with E-state index in [0.717, 1.165) is 12.8 Å². The van der Waals surface area contributed by atoms with Crippen LogP contribution in [0.1, 0.15) is 28.8 Å². The highest BCUT2D eigenvalue weighted by Crippen LogP contribution is 2.28. The summed E-state index contributed by atoms with van der Waals surface area (Å²) in [6, 6.07) is 15.5. The van der Waals surface area contributed by atoms with Gasteiger partial charge in [0.1, 0.15) is 0 Å². The molecular formula is C18H20O3. The molecule has 3 heteroatoms. The predicted octanol–water partition coefficient (Wildman–Crippen LogP) is 3.91. The molecule has 0 aliphatic carbocycles. The quantitative estimate of drug-likeness (QED) is 0.723. The Kier molecular flexibility index (Phi) is 5.38. The third-order valence-electron chi connectivity index (χ3n) is 3.42. The molecule has 0 N–H and O–H groups in total. The molecule has 2 aromatic rings. The minimum atomic E-state index is 0.131. The first-order valence-electron chi connectivity index (χ1n) is 7.03. The summed E-state index contributed by atoms with van der Waals surface area (Å²) in [6.45, 7) is 0. The van der Waals surface area contributed by atoms with Gasteiger partial charge in [-0.25, -0.2) is 0 Å². The number of benzene rings is 2. The second-order valence-electron chi connectivity index (χ2n) is 4.83. The predicted molar refractivity (Wildman–Crippen MR) is 83.3 cm³/mol. The first-order chi connectivity index (χ1) is 10.2. The Morgan fingerprint density at radius 1 is 0.952 bits per heavy atom. The van der Waals surface area contributed by atoms with Crippen LogP contribution < -0.4 is 9.47 Å². The number of rotatable bonds is 7. The van der Waals surface area contributed by atoms with E-state index >= 15 is 0 Å². The normalized spacial score (nSPS) is 10.2. The van der Waals surface area contributed by atoms with Gasteiger partial charge < -0.3 is 9.47 Å². The monoisotopic (exact) mass is 284 g/mol. The van der Waals surface area contributed by atoms with E-state index < -0.39 is 0 Å². The summed E-state index contributed by atoms with van der Waals surface area (Å²) in [6.07, 6.45) is 2.29. The van der Waals surface area contributed by atoms with Crippen LogP contribution in [0.2, 0.25) is 0 Å². The maximum Gasteiger partial charge on any atom is 0.163 e. The molecule has 21 heavy (non-hydrogen) atoms. The Hall–Kier alpha value is -2.29. The molecule has 0 heterocycles. The average molecular weight is 284 g/mol. The average Bonchev–Trinajstić information content (AvgIpc) is 2.55. The SMILES string of the molecule is COc1ccc(C(=O)CCCc2ccccc2)cc1OC. The third kappa shape index (κ3) is 4.09. The number of methoxy groups -OCH3 is 2. The molecule has 3 nitrogen and oxygen atoms in total. The molecule has 0 unspecified atom stereocenters. The summed E-state index contributed by atoms with van der Waals surface area (Å²) in [5, 5.41) is 0. The zero-order valence-electron chi connectivity index (χ0n) is 12.5. The third-order valence-corrected chi connectivity index (χ3v) is 3.42. The molecule has 0 aliphatic rings. The van der Waals surface area contributed by atoms with E-state index in [1.165, 1.54) is 5.56 Å². The number of ketones is 1. The van der Waals surface area contributed by atoms with Crippen molar-refractivity contribution in [1.82, 2.24) is 0 Å². The van der Waals surface area contributed by atoms with Crippen LogP contribution in [0.3, 0.4) is 0 Å². The fourth-order valence-electron chi connectivity index (χ4n) is 2.25. The molecule has 0 amide bonds. The number of carbonyl (C=O) groups excluding carboxylic acids is 1. The van der Waals surface area contributed by atoms with E-state index in [4.69, 9.17) is 9.47 Å². The zero-order valence-corrected chi connectivity index (χ0v) is 12.5. The molecule has 2 aromatic carbocycles. The Bertz CT molecular complexity index is 591. The number of hydrogen-bond acceptors (Lipinski definition) is 3. The van der Waals surface area contributed by atoms with Crippen LogP contribution in [0.4, 0.5) is 0 Å². The van der Waals surface area contributed by atoms with Gasteiger partial charge >= 0.3 is 0 Å². The van der Waals surface area contributed by atoms with Crippen LogP contribution in [-0.2, 0) is 6.42 Å². The van der Waals surface area contributed by atoms with Crippen LogP contribution in [0.15, 0.2) is 48.5 Å². The molecule has 0 radical (unpaired) electrons. The zero-order chi connectivity index (χ0) is 15.1. The van der Waals surface area contributed by atoms with Gasteiger partial charge in [-0.15, -0.1) is 0 Å². The molecule has 0 saturated heterocycles. The standard InChI is InChI=1S/C18H20O3/c1-20-17-12-11-15(13-18(17)21-2)16(19)10-6-9-14-7-4-3-5-8-14/h3-5,7-8,11-13H,6,9-10H2,1-2H3. The lowest BCUT2D eigenvalue weighted by atomic mass is 10.0. The molecule has 0 bridgehead atoms. The van der Waals surface area contributed by atoms with Gasteiger partial charge in [-0.2, -0.15) is 0 Å². The van der Waals surface area contributed by atoms with E-state index in [2.05, 4.69) is 12.1 Å². The highest BCUT2D eigenvalue weighted by molar-refractivity contribution is 5.96. The van der Waals surface area contributed by atoms with Gasteiger partial charge in [-0.05, 0) is 36.6 Å². The number of ether oxygens (including phenoxy) is 2. The largest absolute Gasteiger partial charge is 0.493 e. The van der Waals surface area contributed by atoms with Crippen molar-refractivity contribution in [2.24, 2.45) is 0 Å². The molecule has 0 saturated carbocycles. The topological polar surface area (TPSA) is 35.5 Å². The molecule has 110 valence electrons. The van der Waals surface area contributed by atoms with E-state index in [0.29, 0.717) is 23.5 Å². The minimum Gasteiger partial charge on any atom is -0.493 e. The van der Waals surface area contributed by atoms with Gasteiger partial charge in [-0.1, -0.05) is 30.3 Å². The number of hydrogen-bond donors (Lipinski definition) is 0. The summed E-state index contributed by atoms with van der Waals surface area (Å²) in [5.74, 6) is 1.36. The summed E-state index contributed by atoms with van der Waals surface area (Å²) >= 11 is 0. The summed E-state index contributed by atoms with van der Waals surface area (Å²) in [4.78, 5) is 12.2. The van der Waals surface area contributed by atoms with Crippen molar-refractivity contribution in [3.05, 3.63) is 59.7 Å². The van der Waals surface area contributed by atoms with E-state index in [1.807, 2.05) is 18.2 Å². The lowest BCUT2D eigenvalue weighted by Gasteiger charge is -2.09. The molecule has 0 aliphatic heterocycles. The van der Waals surface area contributed by atoms with Gasteiger partial charge in [0.05, 0.1) is 14.2 Å². The van der Waals surface area contributed by atoms with Crippen LogP contribution in [0, 0.1) is 0 Å². The van der Waals surface area contributed by atoms with Crippen molar-refractivity contribution in [3.63, 3.8) is 0 Å². The molecular weight excluding hydrogens is 264 g/mol. The first-order valence-corrected chi connectivity index (χ1v) is 7.03. The lowest BCUT2D eigenvalue weighted by molar-refractivity contribution is 0.0980. The molecule has 0 atom stereocenters. The summed E-state index contributed by atoms with van der Waals surface area (Å²) < 4.78 is 10.4. The van der Waals surface area contributed by atoms with Crippen LogP contribution in [0.5, 0.6) is 11.5 Å². The van der Waals surface area contributed by atoms with Gasteiger partial charge in [-0.3, -0.25) is 4.79 Å². The maximum atomic E-state index is 12.2. The Morgan fingerprint density at radius 2 is 1.67 bits per heavy atom. The van der Waals surface area contributed by atoms with Crippen LogP contribution in [0.25, 0.3) is 0 Å². The van der Waals surface area contributed by atoms with Crippen molar-refractivity contribution in [2.75, 3.05) is 14.2 Å². The Morgan fingerprint density at radius 3 is 2.33 bits per heavy atom. The smallest absolute Gasteiger partial charge is 0.163 e. The van der Waals surface area contributed by atoms with Crippen molar-refractivity contribution in [2.45, 2.75) is 19.3 Å². The van der Waals surface area contributed by atoms with Gasteiger partial charge in [0.15, 0.2) is 17.3 Å². The van der Waals surface area contributed by atoms with Gasteiger partial charge in [0.25, 0.3) is 0 Å². The second-order valence-corrected chi connectivity index (χ2v) is 4.83. The lowest BCUT2D eigenvalue weighted by Crippen LogP contribution is -2.01. The van der Waals surface area contributed by atoms with Gasteiger partial charge in [0.2, 0.25) is 0 Å². The van der Waals surface area contributed by atoms with E-state index in [-0.39, 0.29) is 5.78 Å². The van der Waals surface area contributed by atoms with Gasteiger partial charge in [0, 0.05) is 12.0 Å². The number of Topliss-reactive ketones (excluding diaryl/α,β-unsaturated/α-hetero) is 1. The van der Waals surface area contributed by atoms with Crippen molar-refractivity contribution >= 4 is 5.78 Å². The fraction of sp³-hybridized carbons (Fsp3) is 0.278. The molecule has 0 fully saturated rings. The van der Waals surface area contributed by atoms with Crippen molar-refractivity contribution in [1.29, 1.82) is 0 Å². The number of aryl methyl sites for hydroxylation is 1. The maximum absolute atomic E-state index is 12.2. The van der Waals surface area contributed by atoms with Crippen molar-refractivity contribution in [3.8, 4) is 11.5 Å². The van der Waals surface area contributed by atoms with Crippen LogP contribution >= 0.6 is 0 Å². The Labute approximate surface area is 125 Å². The molecule has 0 spiro atoms. The minimum absolute atomic E-state index is 0.131. The Balaban J connectivity index is 1.94. The van der Waals surface area contributed by atoms with Crippen LogP contribution in [-0.4, -0.2) is 20.0 Å². The molecule has 0 aromatic heterocycles. The highest BCUT2D eigenvalue weighted by Gasteiger charge is 2.10. The van der Waals surface area contributed by atoms with E-state index in [9.17, 15) is 4.79 Å². The van der Waals surface area contributed by atoms with E-state index in [1.54, 1.807) is 32.4 Å². The summed E-state index contributed by atoms with van der Waals surface area (Å²) in [5.41, 5.74) is 1.93. The summed E-state index contributed by atoms with van der Waals surface area (Å²) in [7, 11) is 3.15. The first kappa shape index (κ1) is 15.1. The highest BCUT2D eigenvalue weighted by atomic mass is 16.5.